The number of rotatable bonds is 10. The number of hydrogen-bond acceptors (Lipinski definition) is 4. The van der Waals surface area contributed by atoms with Gasteiger partial charge in [-0.15, -0.1) is 0 Å². The second kappa shape index (κ2) is 13.0. The lowest BCUT2D eigenvalue weighted by atomic mass is 9.97. The average Bonchev–Trinajstić information content (AvgIpc) is 2.60. The fourth-order valence-electron chi connectivity index (χ4n) is 3.20. The summed E-state index contributed by atoms with van der Waals surface area (Å²) in [5.74, 6) is 0.978. The molecule has 0 aliphatic carbocycles. The van der Waals surface area contributed by atoms with Crippen LogP contribution in [0.2, 0.25) is 0 Å². The summed E-state index contributed by atoms with van der Waals surface area (Å²) in [5.41, 5.74) is 0. The van der Waals surface area contributed by atoms with Crippen molar-refractivity contribution in [2.45, 2.75) is 51.9 Å². The number of likely N-dealkylation sites (tertiary alicyclic amines) is 1. The van der Waals surface area contributed by atoms with Gasteiger partial charge in [-0.25, -0.2) is 0 Å². The minimum atomic E-state index is -0.0423. The van der Waals surface area contributed by atoms with Crippen LogP contribution in [0.3, 0.4) is 0 Å². The zero-order valence-corrected chi connectivity index (χ0v) is 16.7. The van der Waals surface area contributed by atoms with Crippen LogP contribution in [0.4, 0.5) is 0 Å². The fourth-order valence-corrected chi connectivity index (χ4v) is 3.20. The Morgan fingerprint density at radius 1 is 1.16 bits per heavy atom. The van der Waals surface area contributed by atoms with Crippen LogP contribution in [-0.2, 0) is 9.53 Å². The minimum absolute atomic E-state index is 0.0423. The molecule has 1 saturated heterocycles. The van der Waals surface area contributed by atoms with Gasteiger partial charge >= 0.3 is 5.97 Å². The molecule has 1 aliphatic rings. The van der Waals surface area contributed by atoms with Gasteiger partial charge in [-0.3, -0.25) is 9.79 Å². The molecular formula is C19H38N4O2. The molecule has 6 nitrogen and oxygen atoms in total. The van der Waals surface area contributed by atoms with Crippen LogP contribution in [0.15, 0.2) is 4.99 Å². The first-order valence-corrected chi connectivity index (χ1v) is 9.85. The van der Waals surface area contributed by atoms with Crippen LogP contribution in [0, 0.1) is 5.92 Å². The van der Waals surface area contributed by atoms with E-state index in [0.717, 1.165) is 38.4 Å². The summed E-state index contributed by atoms with van der Waals surface area (Å²) in [4.78, 5) is 20.7. The van der Waals surface area contributed by atoms with E-state index in [1.807, 2.05) is 14.0 Å². The van der Waals surface area contributed by atoms with Gasteiger partial charge in [-0.1, -0.05) is 19.3 Å². The third kappa shape index (κ3) is 9.10. The standard InChI is InChI=1S/C19H38N4O2/c1-5-25-18(24)17-11-15-23(16-12-17)19(20-2)21-13-9-7-6-8-10-14-22(3)4/h17H,5-16H2,1-4H3,(H,20,21). The molecule has 0 aromatic carbocycles. The lowest BCUT2D eigenvalue weighted by molar-refractivity contribution is -0.149. The van der Waals surface area contributed by atoms with Crippen LogP contribution in [0.1, 0.15) is 51.9 Å². The largest absolute Gasteiger partial charge is 0.466 e. The third-order valence-electron chi connectivity index (χ3n) is 4.69. The molecule has 0 aromatic rings. The molecule has 0 aromatic heterocycles. The zero-order valence-electron chi connectivity index (χ0n) is 16.7. The number of nitrogens with zero attached hydrogens (tertiary/aromatic N) is 3. The second-order valence-corrected chi connectivity index (χ2v) is 7.06. The molecule has 146 valence electrons. The maximum atomic E-state index is 11.8. The zero-order chi connectivity index (χ0) is 18.5. The van der Waals surface area contributed by atoms with Gasteiger partial charge in [0.15, 0.2) is 5.96 Å². The molecule has 0 radical (unpaired) electrons. The maximum Gasteiger partial charge on any atom is 0.309 e. The van der Waals surface area contributed by atoms with Crippen molar-refractivity contribution in [1.82, 2.24) is 15.1 Å². The number of guanidine groups is 1. The molecule has 6 heteroatoms. The summed E-state index contributed by atoms with van der Waals surface area (Å²) in [7, 11) is 6.09. The van der Waals surface area contributed by atoms with E-state index in [2.05, 4.69) is 34.2 Å². The van der Waals surface area contributed by atoms with E-state index in [1.54, 1.807) is 0 Å². The van der Waals surface area contributed by atoms with Crippen molar-refractivity contribution in [3.05, 3.63) is 0 Å². The molecule has 0 atom stereocenters. The SMILES string of the molecule is CCOC(=O)C1CCN(C(=NC)NCCCCCCCN(C)C)CC1. The van der Waals surface area contributed by atoms with Crippen molar-refractivity contribution in [2.75, 3.05) is 53.9 Å². The van der Waals surface area contributed by atoms with Gasteiger partial charge in [0.05, 0.1) is 12.5 Å². The number of aliphatic imine (C=N–C) groups is 1. The van der Waals surface area contributed by atoms with Crippen molar-refractivity contribution >= 4 is 11.9 Å². The number of carbonyl (C=O) groups excluding carboxylic acids is 1. The van der Waals surface area contributed by atoms with Gasteiger partial charge in [0, 0.05) is 26.7 Å². The molecule has 1 rings (SSSR count). The molecule has 1 fully saturated rings. The summed E-state index contributed by atoms with van der Waals surface area (Å²) in [6.07, 6.45) is 8.06. The summed E-state index contributed by atoms with van der Waals surface area (Å²) in [5, 5.41) is 3.47. The van der Waals surface area contributed by atoms with E-state index in [1.165, 1.54) is 38.6 Å². The van der Waals surface area contributed by atoms with E-state index in [0.29, 0.717) is 6.61 Å². The Kier molecular flexibility index (Phi) is 11.3. The van der Waals surface area contributed by atoms with E-state index in [9.17, 15) is 4.79 Å². The first-order valence-electron chi connectivity index (χ1n) is 9.85. The molecule has 0 saturated carbocycles. The second-order valence-electron chi connectivity index (χ2n) is 7.06. The van der Waals surface area contributed by atoms with Crippen molar-refractivity contribution in [3.8, 4) is 0 Å². The molecular weight excluding hydrogens is 316 g/mol. The quantitative estimate of drug-likeness (QED) is 0.282. The number of carbonyl (C=O) groups is 1. The Morgan fingerprint density at radius 2 is 1.80 bits per heavy atom. The average molecular weight is 355 g/mol. The van der Waals surface area contributed by atoms with Crippen LogP contribution in [-0.4, -0.2) is 75.7 Å². The highest BCUT2D eigenvalue weighted by molar-refractivity contribution is 5.80. The molecule has 0 bridgehead atoms. The van der Waals surface area contributed by atoms with Crippen molar-refractivity contribution in [3.63, 3.8) is 0 Å². The van der Waals surface area contributed by atoms with E-state index < -0.39 is 0 Å². The van der Waals surface area contributed by atoms with Crippen molar-refractivity contribution in [1.29, 1.82) is 0 Å². The van der Waals surface area contributed by atoms with E-state index >= 15 is 0 Å². The maximum absolute atomic E-state index is 11.8. The monoisotopic (exact) mass is 354 g/mol. The molecule has 25 heavy (non-hydrogen) atoms. The van der Waals surface area contributed by atoms with Gasteiger partial charge in [0.1, 0.15) is 0 Å². The Bertz CT molecular complexity index is 391. The van der Waals surface area contributed by atoms with Gasteiger partial charge < -0.3 is 19.9 Å². The number of hydrogen-bond donors (Lipinski definition) is 1. The molecule has 0 spiro atoms. The molecule has 1 N–H and O–H groups in total. The lowest BCUT2D eigenvalue weighted by Crippen LogP contribution is -2.46. The Balaban J connectivity index is 2.14. The van der Waals surface area contributed by atoms with Crippen LogP contribution < -0.4 is 5.32 Å². The molecule has 0 amide bonds. The Hall–Kier alpha value is -1.30. The summed E-state index contributed by atoms with van der Waals surface area (Å²) in [6.45, 7) is 6.23. The predicted octanol–water partition coefficient (Wildman–Crippen LogP) is 2.35. The summed E-state index contributed by atoms with van der Waals surface area (Å²) < 4.78 is 5.13. The summed E-state index contributed by atoms with van der Waals surface area (Å²) >= 11 is 0. The van der Waals surface area contributed by atoms with E-state index in [4.69, 9.17) is 4.74 Å². The van der Waals surface area contributed by atoms with Crippen molar-refractivity contribution in [2.24, 2.45) is 10.9 Å². The lowest BCUT2D eigenvalue weighted by Gasteiger charge is -2.33. The third-order valence-corrected chi connectivity index (χ3v) is 4.69. The predicted molar refractivity (Wildman–Crippen MR) is 104 cm³/mol. The van der Waals surface area contributed by atoms with Gasteiger partial charge in [-0.2, -0.15) is 0 Å². The first-order chi connectivity index (χ1) is 12.1. The smallest absolute Gasteiger partial charge is 0.309 e. The normalized spacial score (nSPS) is 16.4. The topological polar surface area (TPSA) is 57.2 Å². The highest BCUT2D eigenvalue weighted by atomic mass is 16.5. The highest BCUT2D eigenvalue weighted by Gasteiger charge is 2.27. The van der Waals surface area contributed by atoms with Crippen LogP contribution >= 0.6 is 0 Å². The summed E-state index contributed by atoms with van der Waals surface area (Å²) in [6, 6.07) is 0. The van der Waals surface area contributed by atoms with Gasteiger partial charge in [0.2, 0.25) is 0 Å². The number of esters is 1. The molecule has 0 unspecified atom stereocenters. The van der Waals surface area contributed by atoms with Gasteiger partial charge in [-0.05, 0) is 53.2 Å². The number of nitrogens with one attached hydrogen (secondary N) is 1. The molecule has 1 heterocycles. The van der Waals surface area contributed by atoms with E-state index in [-0.39, 0.29) is 11.9 Å². The van der Waals surface area contributed by atoms with Crippen molar-refractivity contribution < 1.29 is 9.53 Å². The number of ether oxygens (including phenoxy) is 1. The van der Waals surface area contributed by atoms with Gasteiger partial charge in [0.25, 0.3) is 0 Å². The Labute approximate surface area is 154 Å². The Morgan fingerprint density at radius 3 is 2.40 bits per heavy atom. The highest BCUT2D eigenvalue weighted by Crippen LogP contribution is 2.18. The van der Waals surface area contributed by atoms with Crippen LogP contribution in [0.25, 0.3) is 0 Å². The molecule has 1 aliphatic heterocycles. The first kappa shape index (κ1) is 21.7. The minimum Gasteiger partial charge on any atom is -0.466 e. The fraction of sp³-hybridized carbons (Fsp3) is 0.895. The number of piperidine rings is 1. The number of unbranched alkanes of at least 4 members (excludes halogenated alkanes) is 4. The van der Waals surface area contributed by atoms with Crippen LogP contribution in [0.5, 0.6) is 0 Å².